The van der Waals surface area contributed by atoms with Crippen LogP contribution in [0, 0.1) is 0 Å². The molecule has 1 aromatic heterocycles. The maximum atomic E-state index is 6.23. The van der Waals surface area contributed by atoms with Gasteiger partial charge in [-0.15, -0.1) is 0 Å². The minimum absolute atomic E-state index is 0.0265. The largest absolute Gasteiger partial charge is 0.467 e. The molecule has 2 rings (SSSR count). The fraction of sp³-hybridized carbons (Fsp3) is 0.286. The summed E-state index contributed by atoms with van der Waals surface area (Å²) in [6, 6.07) is 11.7. The van der Waals surface area contributed by atoms with Gasteiger partial charge in [0.1, 0.15) is 5.76 Å². The SMILES string of the molecule is CCCNC(c1ccco1)c1ccccc1Cl. The molecule has 0 radical (unpaired) electrons. The highest BCUT2D eigenvalue weighted by Gasteiger charge is 2.18. The molecule has 1 unspecified atom stereocenters. The third kappa shape index (κ3) is 2.90. The third-order valence-electron chi connectivity index (χ3n) is 2.64. The average molecular weight is 250 g/mol. The van der Waals surface area contributed by atoms with E-state index in [0.29, 0.717) is 0 Å². The second-order valence-corrected chi connectivity index (χ2v) is 4.33. The predicted molar refractivity (Wildman–Crippen MR) is 70.3 cm³/mol. The van der Waals surface area contributed by atoms with Gasteiger partial charge in [-0.25, -0.2) is 0 Å². The predicted octanol–water partition coefficient (Wildman–Crippen LogP) is 4.02. The van der Waals surface area contributed by atoms with E-state index < -0.39 is 0 Å². The second-order valence-electron chi connectivity index (χ2n) is 3.92. The molecule has 0 saturated carbocycles. The maximum absolute atomic E-state index is 6.23. The van der Waals surface area contributed by atoms with Gasteiger partial charge in [-0.3, -0.25) is 0 Å². The average Bonchev–Trinajstić information content (AvgIpc) is 2.85. The topological polar surface area (TPSA) is 25.2 Å². The van der Waals surface area contributed by atoms with Crippen LogP contribution in [0.2, 0.25) is 5.02 Å². The lowest BCUT2D eigenvalue weighted by Gasteiger charge is -2.17. The fourth-order valence-corrected chi connectivity index (χ4v) is 2.06. The molecule has 2 nitrogen and oxygen atoms in total. The van der Waals surface area contributed by atoms with Gasteiger partial charge in [-0.05, 0) is 36.7 Å². The van der Waals surface area contributed by atoms with Crippen LogP contribution in [0.15, 0.2) is 47.1 Å². The Morgan fingerprint density at radius 3 is 2.71 bits per heavy atom. The van der Waals surface area contributed by atoms with Crippen molar-refractivity contribution in [2.75, 3.05) is 6.54 Å². The van der Waals surface area contributed by atoms with Gasteiger partial charge in [0, 0.05) is 5.02 Å². The van der Waals surface area contributed by atoms with Crippen LogP contribution in [0.25, 0.3) is 0 Å². The molecule has 0 saturated heterocycles. The standard InChI is InChI=1S/C14H16ClNO/c1-2-9-16-14(13-8-5-10-17-13)11-6-3-4-7-12(11)15/h3-8,10,14,16H,2,9H2,1H3. The van der Waals surface area contributed by atoms with E-state index in [1.807, 2.05) is 36.4 Å². The highest BCUT2D eigenvalue weighted by atomic mass is 35.5. The summed E-state index contributed by atoms with van der Waals surface area (Å²) in [7, 11) is 0. The molecule has 3 heteroatoms. The molecule has 0 spiro atoms. The molecule has 0 bridgehead atoms. The minimum Gasteiger partial charge on any atom is -0.467 e. The summed E-state index contributed by atoms with van der Waals surface area (Å²) in [5.41, 5.74) is 1.05. The second kappa shape index (κ2) is 5.89. The van der Waals surface area contributed by atoms with Crippen molar-refractivity contribution in [1.29, 1.82) is 0 Å². The summed E-state index contributed by atoms with van der Waals surface area (Å²) in [5, 5.41) is 4.21. The van der Waals surface area contributed by atoms with Crippen molar-refractivity contribution in [3.63, 3.8) is 0 Å². The molecule has 1 heterocycles. The Balaban J connectivity index is 2.30. The van der Waals surface area contributed by atoms with Crippen molar-refractivity contribution in [2.24, 2.45) is 0 Å². The first-order valence-electron chi connectivity index (χ1n) is 5.84. The van der Waals surface area contributed by atoms with Gasteiger partial charge >= 0.3 is 0 Å². The number of benzene rings is 1. The zero-order valence-corrected chi connectivity index (χ0v) is 10.6. The molecule has 1 aromatic carbocycles. The Labute approximate surface area is 107 Å². The first-order valence-corrected chi connectivity index (χ1v) is 6.22. The van der Waals surface area contributed by atoms with Gasteiger partial charge in [-0.2, -0.15) is 0 Å². The van der Waals surface area contributed by atoms with Gasteiger partial charge in [0.2, 0.25) is 0 Å². The van der Waals surface area contributed by atoms with E-state index in [-0.39, 0.29) is 6.04 Å². The van der Waals surface area contributed by atoms with Crippen LogP contribution in [0.1, 0.15) is 30.7 Å². The molecule has 0 aliphatic heterocycles. The zero-order valence-electron chi connectivity index (χ0n) is 9.82. The van der Waals surface area contributed by atoms with E-state index in [0.717, 1.165) is 29.3 Å². The summed E-state index contributed by atoms with van der Waals surface area (Å²) < 4.78 is 5.48. The van der Waals surface area contributed by atoms with E-state index in [1.165, 1.54) is 0 Å². The van der Waals surface area contributed by atoms with Gasteiger partial charge in [0.05, 0.1) is 12.3 Å². The van der Waals surface area contributed by atoms with E-state index in [1.54, 1.807) is 6.26 Å². The normalized spacial score (nSPS) is 12.6. The molecule has 2 aromatic rings. The lowest BCUT2D eigenvalue weighted by molar-refractivity contribution is 0.447. The summed E-state index contributed by atoms with van der Waals surface area (Å²) >= 11 is 6.23. The van der Waals surface area contributed by atoms with Crippen molar-refractivity contribution >= 4 is 11.6 Å². The number of furan rings is 1. The van der Waals surface area contributed by atoms with Gasteiger partial charge < -0.3 is 9.73 Å². The lowest BCUT2D eigenvalue weighted by Crippen LogP contribution is -2.23. The third-order valence-corrected chi connectivity index (χ3v) is 2.99. The quantitative estimate of drug-likeness (QED) is 0.866. The Kier molecular flexibility index (Phi) is 4.24. The van der Waals surface area contributed by atoms with E-state index >= 15 is 0 Å². The van der Waals surface area contributed by atoms with Crippen molar-refractivity contribution in [2.45, 2.75) is 19.4 Å². The summed E-state index contributed by atoms with van der Waals surface area (Å²) in [6.45, 7) is 3.06. The summed E-state index contributed by atoms with van der Waals surface area (Å²) in [5.74, 6) is 0.895. The van der Waals surface area contributed by atoms with Gasteiger partial charge in [0.15, 0.2) is 0 Å². The van der Waals surface area contributed by atoms with Crippen molar-refractivity contribution in [3.8, 4) is 0 Å². The maximum Gasteiger partial charge on any atom is 0.125 e. The number of halogens is 1. The van der Waals surface area contributed by atoms with Crippen molar-refractivity contribution < 1.29 is 4.42 Å². The van der Waals surface area contributed by atoms with E-state index in [2.05, 4.69) is 12.2 Å². The lowest BCUT2D eigenvalue weighted by atomic mass is 10.0. The highest BCUT2D eigenvalue weighted by molar-refractivity contribution is 6.31. The van der Waals surface area contributed by atoms with Gasteiger partial charge in [0.25, 0.3) is 0 Å². The monoisotopic (exact) mass is 249 g/mol. The van der Waals surface area contributed by atoms with E-state index in [4.69, 9.17) is 16.0 Å². The zero-order chi connectivity index (χ0) is 12.1. The number of rotatable bonds is 5. The van der Waals surface area contributed by atoms with Crippen LogP contribution < -0.4 is 5.32 Å². The van der Waals surface area contributed by atoms with Crippen LogP contribution >= 0.6 is 11.6 Å². The molecule has 90 valence electrons. The first kappa shape index (κ1) is 12.2. The Bertz CT molecular complexity index is 453. The number of nitrogens with one attached hydrogen (secondary N) is 1. The molecule has 0 aliphatic carbocycles. The van der Waals surface area contributed by atoms with E-state index in [9.17, 15) is 0 Å². The minimum atomic E-state index is 0.0265. The van der Waals surface area contributed by atoms with Crippen molar-refractivity contribution in [1.82, 2.24) is 5.32 Å². The highest BCUT2D eigenvalue weighted by Crippen LogP contribution is 2.28. The summed E-state index contributed by atoms with van der Waals surface area (Å²) in [4.78, 5) is 0. The van der Waals surface area contributed by atoms with Crippen molar-refractivity contribution in [3.05, 3.63) is 59.0 Å². The molecule has 1 N–H and O–H groups in total. The molecule has 0 aliphatic rings. The van der Waals surface area contributed by atoms with Crippen LogP contribution in [0.4, 0.5) is 0 Å². The van der Waals surface area contributed by atoms with Crippen LogP contribution in [0.5, 0.6) is 0 Å². The Morgan fingerprint density at radius 2 is 2.06 bits per heavy atom. The first-order chi connectivity index (χ1) is 8.33. The number of hydrogen-bond donors (Lipinski definition) is 1. The molecular weight excluding hydrogens is 234 g/mol. The van der Waals surface area contributed by atoms with Crippen LogP contribution in [0.3, 0.4) is 0 Å². The molecule has 0 amide bonds. The molecule has 0 fully saturated rings. The Hall–Kier alpha value is -1.25. The molecule has 17 heavy (non-hydrogen) atoms. The number of hydrogen-bond acceptors (Lipinski definition) is 2. The smallest absolute Gasteiger partial charge is 0.125 e. The van der Waals surface area contributed by atoms with Crippen LogP contribution in [-0.4, -0.2) is 6.54 Å². The Morgan fingerprint density at radius 1 is 1.24 bits per heavy atom. The fourth-order valence-electron chi connectivity index (χ4n) is 1.82. The van der Waals surface area contributed by atoms with Gasteiger partial charge in [-0.1, -0.05) is 36.7 Å². The molecule has 1 atom stereocenters. The summed E-state index contributed by atoms with van der Waals surface area (Å²) in [6.07, 6.45) is 2.76. The van der Waals surface area contributed by atoms with Crippen LogP contribution in [-0.2, 0) is 0 Å². The molecular formula is C14H16ClNO.